The summed E-state index contributed by atoms with van der Waals surface area (Å²) in [5.74, 6) is 0. The molecule has 0 aromatic heterocycles. The fourth-order valence-electron chi connectivity index (χ4n) is 7.99. The van der Waals surface area contributed by atoms with Crippen LogP contribution in [0.5, 0.6) is 0 Å². The summed E-state index contributed by atoms with van der Waals surface area (Å²) in [6.45, 7) is 34.3. The van der Waals surface area contributed by atoms with Gasteiger partial charge in [-0.25, -0.2) is 0 Å². The first-order valence-electron chi connectivity index (χ1n) is 8.48. The highest BCUT2D eigenvalue weighted by Gasteiger charge is 2.80. The van der Waals surface area contributed by atoms with Crippen molar-refractivity contribution in [2.24, 2.45) is 0 Å². The molecule has 2 bridgehead atoms. The van der Waals surface area contributed by atoms with Crippen LogP contribution in [0.2, 0.25) is 88.1 Å². The minimum absolute atomic E-state index is 0.994. The number of hydrogen-bond acceptors (Lipinski definition) is 0. The van der Waals surface area contributed by atoms with Crippen molar-refractivity contribution in [3.8, 4) is 0 Å². The maximum absolute atomic E-state index is 2.87. The highest BCUT2D eigenvalue weighted by molar-refractivity contribution is 7.80. The SMILES string of the molecule is C[Si]1(C)[C@@H]2[Si](C)(C)[Si](C)(C)[C@H]1[Si](C)(C)[Si](C)(C)[Si]2(C)C. The Balaban J connectivity index is 2.88. The van der Waals surface area contributed by atoms with E-state index in [4.69, 9.17) is 0 Å². The Labute approximate surface area is 133 Å². The van der Waals surface area contributed by atoms with Gasteiger partial charge in [0.05, 0.1) is 0 Å². The van der Waals surface area contributed by atoms with Crippen LogP contribution in [0, 0.1) is 0 Å². The molecule has 2 aliphatic rings. The molecule has 0 spiro atoms. The van der Waals surface area contributed by atoms with Crippen molar-refractivity contribution in [3.05, 3.63) is 0 Å². The second kappa shape index (κ2) is 4.03. The van der Waals surface area contributed by atoms with Crippen LogP contribution in [0.25, 0.3) is 0 Å². The lowest BCUT2D eigenvalue weighted by molar-refractivity contribution is 1.33. The molecule has 2 fully saturated rings. The lowest BCUT2D eigenvalue weighted by atomic mass is 11.7. The molecule has 0 N–H and O–H groups in total. The van der Waals surface area contributed by atoms with Gasteiger partial charge in [-0.05, 0) is 0 Å². The molecule has 2 aliphatic heterocycles. The number of fused-ring (bicyclic) bond motifs is 2. The molecule has 20 heavy (non-hydrogen) atoms. The Morgan fingerprint density at radius 3 is 0.900 bits per heavy atom. The molecule has 0 unspecified atom stereocenters. The van der Waals surface area contributed by atoms with E-state index in [-0.39, 0.29) is 0 Å². The van der Waals surface area contributed by atoms with Gasteiger partial charge >= 0.3 is 0 Å². The van der Waals surface area contributed by atoms with E-state index in [0.29, 0.717) is 0 Å². The molecule has 2 heterocycles. The van der Waals surface area contributed by atoms with Crippen LogP contribution in [0.1, 0.15) is 0 Å². The predicted molar refractivity (Wildman–Crippen MR) is 112 cm³/mol. The lowest BCUT2D eigenvalue weighted by Gasteiger charge is -2.64. The van der Waals surface area contributed by atoms with Gasteiger partial charge in [-0.15, -0.1) is 0 Å². The Bertz CT molecular complexity index is 409. The summed E-state index contributed by atoms with van der Waals surface area (Å²) in [5, 5.41) is 0. The van der Waals surface area contributed by atoms with Gasteiger partial charge in [0.25, 0.3) is 0 Å². The van der Waals surface area contributed by atoms with Crippen molar-refractivity contribution < 1.29 is 0 Å². The van der Waals surface area contributed by atoms with Crippen LogP contribution in [0.3, 0.4) is 0 Å². The van der Waals surface area contributed by atoms with Crippen LogP contribution >= 0.6 is 0 Å². The summed E-state index contributed by atoms with van der Waals surface area (Å²) in [7, 11) is -6.14. The monoisotopic (exact) mass is 374 g/mol. The van der Waals surface area contributed by atoms with Crippen molar-refractivity contribution in [1.82, 2.24) is 0 Å². The molecule has 0 aliphatic carbocycles. The Kier molecular flexibility index (Phi) is 3.56. The minimum Gasteiger partial charge on any atom is -0.0731 e. The maximum atomic E-state index is 2.87. The van der Waals surface area contributed by atoms with E-state index in [1.165, 1.54) is 9.58 Å². The third-order valence-corrected chi connectivity index (χ3v) is 105. The van der Waals surface area contributed by atoms with Crippen molar-refractivity contribution in [3.63, 3.8) is 0 Å². The fraction of sp³-hybridized carbons (Fsp3) is 1.00. The molecule has 2 saturated heterocycles. The van der Waals surface area contributed by atoms with Gasteiger partial charge < -0.3 is 0 Å². The number of hydrogen-bond donors (Lipinski definition) is 0. The van der Waals surface area contributed by atoms with E-state index in [1.54, 1.807) is 0 Å². The van der Waals surface area contributed by atoms with Gasteiger partial charge in [0.1, 0.15) is 0 Å². The minimum atomic E-state index is -1.04. The van der Waals surface area contributed by atoms with E-state index in [0.717, 1.165) is 0 Å². The van der Waals surface area contributed by atoms with Crippen molar-refractivity contribution in [2.75, 3.05) is 0 Å². The van der Waals surface area contributed by atoms with E-state index >= 15 is 0 Å². The molecule has 118 valence electrons. The van der Waals surface area contributed by atoms with Gasteiger partial charge in [0, 0.05) is 45.5 Å². The second-order valence-corrected chi connectivity index (χ2v) is 63.3. The normalized spacial score (nSPS) is 41.4. The first-order valence-corrected chi connectivity index (χ1v) is 29.9. The highest BCUT2D eigenvalue weighted by atomic mass is 29.7. The molecule has 0 saturated carbocycles. The summed E-state index contributed by atoms with van der Waals surface area (Å²) in [5.41, 5.74) is 0. The summed E-state index contributed by atoms with van der Waals surface area (Å²) in [6, 6.07) is 0. The molecule has 0 aromatic rings. The average molecular weight is 375 g/mol. The molecule has 0 amide bonds. The van der Waals surface area contributed by atoms with E-state index < -0.39 is 45.5 Å². The third-order valence-electron chi connectivity index (χ3n) is 9.26. The predicted octanol–water partition coefficient (Wildman–Crippen LogP) is 5.40. The zero-order chi connectivity index (χ0) is 16.2. The van der Waals surface area contributed by atoms with Crippen molar-refractivity contribution in [1.29, 1.82) is 0 Å². The average Bonchev–Trinajstić information content (AvgIpc) is 2.21. The summed E-state index contributed by atoms with van der Waals surface area (Å²) in [4.78, 5) is 2.66. The van der Waals surface area contributed by atoms with Crippen LogP contribution in [-0.4, -0.2) is 45.5 Å². The van der Waals surface area contributed by atoms with Gasteiger partial charge in [-0.3, -0.25) is 0 Å². The third kappa shape index (κ3) is 1.56. The first kappa shape index (κ1) is 17.7. The summed E-state index contributed by atoms with van der Waals surface area (Å²) >= 11 is 0. The largest absolute Gasteiger partial charge is 0.0731 e. The topological polar surface area (TPSA) is 0 Å². The Hall–Kier alpha value is 1.30. The molecule has 0 radical (unpaired) electrons. The Morgan fingerprint density at radius 1 is 0.400 bits per heavy atom. The zero-order valence-electron chi connectivity index (χ0n) is 16.2. The molecular weight excluding hydrogens is 337 g/mol. The number of rotatable bonds is 0. The second-order valence-electron chi connectivity index (χ2n) is 11.2. The quantitative estimate of drug-likeness (QED) is 0.498. The maximum Gasteiger partial charge on any atom is 0.0422 e. The van der Waals surface area contributed by atoms with E-state index in [1.807, 2.05) is 0 Å². The molecular formula is C14H38Si6. The smallest absolute Gasteiger partial charge is 0.0422 e. The van der Waals surface area contributed by atoms with Crippen LogP contribution in [0.15, 0.2) is 0 Å². The molecule has 2 atom stereocenters. The van der Waals surface area contributed by atoms with Crippen LogP contribution < -0.4 is 0 Å². The van der Waals surface area contributed by atoms with E-state index in [2.05, 4.69) is 78.6 Å². The Morgan fingerprint density at radius 2 is 0.650 bits per heavy atom. The van der Waals surface area contributed by atoms with Crippen LogP contribution in [-0.2, 0) is 0 Å². The zero-order valence-corrected chi connectivity index (χ0v) is 22.2. The van der Waals surface area contributed by atoms with E-state index in [9.17, 15) is 0 Å². The summed E-state index contributed by atoms with van der Waals surface area (Å²) in [6.07, 6.45) is 0. The molecule has 2 rings (SSSR count). The van der Waals surface area contributed by atoms with Gasteiger partial charge in [-0.1, -0.05) is 88.1 Å². The summed E-state index contributed by atoms with van der Waals surface area (Å²) < 4.78 is 0. The van der Waals surface area contributed by atoms with Gasteiger partial charge in [0.15, 0.2) is 0 Å². The van der Waals surface area contributed by atoms with Gasteiger partial charge in [0.2, 0.25) is 0 Å². The molecule has 0 nitrogen and oxygen atoms in total. The van der Waals surface area contributed by atoms with Crippen LogP contribution in [0.4, 0.5) is 0 Å². The lowest BCUT2D eigenvalue weighted by Crippen LogP contribution is -2.81. The van der Waals surface area contributed by atoms with Gasteiger partial charge in [-0.2, -0.15) is 0 Å². The fourth-order valence-corrected chi connectivity index (χ4v) is 153. The highest BCUT2D eigenvalue weighted by Crippen LogP contribution is 2.68. The molecule has 0 aromatic carbocycles. The first-order chi connectivity index (χ1) is 8.48. The molecule has 6 heteroatoms. The van der Waals surface area contributed by atoms with Crippen molar-refractivity contribution >= 4 is 45.5 Å². The standard InChI is InChI=1S/C14H38Si6/c1-15(2)13-16(3,4)17(5,6)14(15)19(9,10)20(11,12)18(13,7)8/h13-14H,1-12H3/t13-,14+. The van der Waals surface area contributed by atoms with Crippen molar-refractivity contribution in [2.45, 2.75) is 88.1 Å².